The van der Waals surface area contributed by atoms with Crippen molar-refractivity contribution >= 4 is 10.9 Å². The predicted octanol–water partition coefficient (Wildman–Crippen LogP) is 5.65. The summed E-state index contributed by atoms with van der Waals surface area (Å²) in [5.41, 5.74) is 4.20. The van der Waals surface area contributed by atoms with E-state index in [0.717, 1.165) is 27.8 Å². The molecule has 5 nitrogen and oxygen atoms in total. The van der Waals surface area contributed by atoms with Crippen molar-refractivity contribution in [3.63, 3.8) is 0 Å². The average Bonchev–Trinajstić information content (AvgIpc) is 2.85. The van der Waals surface area contributed by atoms with E-state index in [1.807, 2.05) is 61.5 Å². The zero-order valence-corrected chi connectivity index (χ0v) is 19.7. The van der Waals surface area contributed by atoms with Gasteiger partial charge in [0.15, 0.2) is 0 Å². The molecule has 0 saturated heterocycles. The summed E-state index contributed by atoms with van der Waals surface area (Å²) in [6.45, 7) is 7.43. The first-order valence-corrected chi connectivity index (χ1v) is 11.4. The van der Waals surface area contributed by atoms with Gasteiger partial charge in [0.05, 0.1) is 24.4 Å². The van der Waals surface area contributed by atoms with Crippen molar-refractivity contribution in [1.29, 1.82) is 0 Å². The topological polar surface area (TPSA) is 53.3 Å². The zero-order valence-electron chi connectivity index (χ0n) is 19.7. The van der Waals surface area contributed by atoms with Crippen LogP contribution in [0, 0.1) is 12.3 Å². The van der Waals surface area contributed by atoms with Crippen LogP contribution in [0.3, 0.4) is 0 Å². The van der Waals surface area contributed by atoms with Crippen LogP contribution in [0.25, 0.3) is 22.2 Å². The number of fused-ring (bicyclic) bond motifs is 1. The van der Waals surface area contributed by atoms with Crippen LogP contribution in [0.2, 0.25) is 0 Å². The zero-order chi connectivity index (χ0) is 24.1. The molecule has 3 aromatic carbocycles. The second-order valence-electron chi connectivity index (χ2n) is 8.35. The van der Waals surface area contributed by atoms with Gasteiger partial charge in [-0.25, -0.2) is 4.79 Å². The summed E-state index contributed by atoms with van der Waals surface area (Å²) in [6, 6.07) is 21.6. The smallest absolute Gasteiger partial charge is 0.348 e. The van der Waals surface area contributed by atoms with Gasteiger partial charge in [-0.1, -0.05) is 56.2 Å². The molecule has 0 unspecified atom stereocenters. The van der Waals surface area contributed by atoms with Crippen molar-refractivity contribution in [2.24, 2.45) is 0 Å². The fraction of sp³-hybridized carbons (Fsp3) is 0.241. The number of terminal acetylenes is 1. The third kappa shape index (κ3) is 4.97. The Balaban J connectivity index is 1.82. The van der Waals surface area contributed by atoms with E-state index in [-0.39, 0.29) is 12.3 Å². The largest absolute Gasteiger partial charge is 0.494 e. The highest BCUT2D eigenvalue weighted by Crippen LogP contribution is 2.30. The average molecular weight is 453 g/mol. The highest BCUT2D eigenvalue weighted by molar-refractivity contribution is 5.93. The number of hydrogen-bond acceptors (Lipinski definition) is 4. The number of rotatable bonds is 8. The first-order valence-electron chi connectivity index (χ1n) is 11.4. The van der Waals surface area contributed by atoms with Gasteiger partial charge in [0.2, 0.25) is 0 Å². The summed E-state index contributed by atoms with van der Waals surface area (Å²) in [4.78, 5) is 17.7. The third-order valence-corrected chi connectivity index (χ3v) is 5.70. The molecule has 0 aliphatic rings. The Morgan fingerprint density at radius 1 is 0.971 bits per heavy atom. The monoisotopic (exact) mass is 452 g/mol. The standard InChI is InChI=1S/C29H28N2O3/c1-5-17-34-25-15-16-27-26(18-25)28(23-11-9-22(10-12-23)20(3)4)30-29(32)31(27)19-21-7-13-24(14-8-21)33-6-2/h1,7-16,18,20H,6,17,19H2,2-4H3. The Bertz CT molecular complexity index is 1380. The fourth-order valence-electron chi connectivity index (χ4n) is 3.91. The van der Waals surface area contributed by atoms with Crippen LogP contribution in [0.15, 0.2) is 71.5 Å². The molecular weight excluding hydrogens is 424 g/mol. The van der Waals surface area contributed by atoms with Crippen LogP contribution in [0.5, 0.6) is 11.5 Å². The van der Waals surface area contributed by atoms with Crippen molar-refractivity contribution in [1.82, 2.24) is 9.55 Å². The van der Waals surface area contributed by atoms with Crippen LogP contribution < -0.4 is 15.2 Å². The number of nitrogens with zero attached hydrogens (tertiary/aromatic N) is 2. The molecule has 1 aromatic heterocycles. The van der Waals surface area contributed by atoms with E-state index in [0.29, 0.717) is 30.5 Å². The lowest BCUT2D eigenvalue weighted by Crippen LogP contribution is -2.24. The van der Waals surface area contributed by atoms with Crippen LogP contribution in [-0.2, 0) is 6.54 Å². The normalized spacial score (nSPS) is 10.9. The first kappa shape index (κ1) is 23.1. The van der Waals surface area contributed by atoms with E-state index in [2.05, 4.69) is 36.9 Å². The number of ether oxygens (including phenoxy) is 2. The molecule has 0 aliphatic heterocycles. The molecule has 0 fully saturated rings. The predicted molar refractivity (Wildman–Crippen MR) is 137 cm³/mol. The van der Waals surface area contributed by atoms with Gasteiger partial charge in [0.1, 0.15) is 18.1 Å². The van der Waals surface area contributed by atoms with Crippen molar-refractivity contribution in [2.75, 3.05) is 13.2 Å². The van der Waals surface area contributed by atoms with Crippen molar-refractivity contribution in [3.8, 4) is 35.1 Å². The minimum absolute atomic E-state index is 0.170. The lowest BCUT2D eigenvalue weighted by molar-refractivity contribution is 0.340. The molecule has 0 amide bonds. The van der Waals surface area contributed by atoms with E-state index < -0.39 is 0 Å². The van der Waals surface area contributed by atoms with Crippen molar-refractivity contribution in [2.45, 2.75) is 33.2 Å². The maximum atomic E-state index is 13.2. The molecule has 4 rings (SSSR count). The molecule has 0 saturated carbocycles. The summed E-state index contributed by atoms with van der Waals surface area (Å²) in [5.74, 6) is 4.35. The molecule has 0 N–H and O–H groups in total. The molecule has 0 spiro atoms. The molecule has 5 heteroatoms. The Kier molecular flexibility index (Phi) is 6.98. The molecule has 0 atom stereocenters. The van der Waals surface area contributed by atoms with E-state index in [1.54, 1.807) is 4.57 Å². The molecule has 0 aliphatic carbocycles. The first-order chi connectivity index (χ1) is 16.5. The quantitative estimate of drug-likeness (QED) is 0.324. The molecule has 0 bridgehead atoms. The Morgan fingerprint density at radius 3 is 2.32 bits per heavy atom. The molecule has 34 heavy (non-hydrogen) atoms. The summed E-state index contributed by atoms with van der Waals surface area (Å²) >= 11 is 0. The van der Waals surface area contributed by atoms with Gasteiger partial charge in [-0.05, 0) is 54.3 Å². The van der Waals surface area contributed by atoms with Gasteiger partial charge in [0, 0.05) is 10.9 Å². The van der Waals surface area contributed by atoms with Gasteiger partial charge in [-0.3, -0.25) is 4.57 Å². The SMILES string of the molecule is C#CCOc1ccc2c(c1)c(-c1ccc(C(C)C)cc1)nc(=O)n2Cc1ccc(OCC)cc1. The summed E-state index contributed by atoms with van der Waals surface area (Å²) in [7, 11) is 0. The van der Waals surface area contributed by atoms with Gasteiger partial charge in [-0.2, -0.15) is 4.98 Å². The minimum atomic E-state index is -0.304. The minimum Gasteiger partial charge on any atom is -0.494 e. The van der Waals surface area contributed by atoms with Crippen LogP contribution in [-0.4, -0.2) is 22.8 Å². The van der Waals surface area contributed by atoms with Gasteiger partial charge in [0.25, 0.3) is 0 Å². The number of benzene rings is 3. The third-order valence-electron chi connectivity index (χ3n) is 5.70. The highest BCUT2D eigenvalue weighted by Gasteiger charge is 2.14. The molecule has 172 valence electrons. The lowest BCUT2D eigenvalue weighted by atomic mass is 9.99. The van der Waals surface area contributed by atoms with E-state index in [4.69, 9.17) is 15.9 Å². The van der Waals surface area contributed by atoms with Crippen LogP contribution in [0.4, 0.5) is 0 Å². The lowest BCUT2D eigenvalue weighted by Gasteiger charge is -2.15. The second-order valence-corrected chi connectivity index (χ2v) is 8.35. The summed E-state index contributed by atoms with van der Waals surface area (Å²) in [6.07, 6.45) is 5.37. The van der Waals surface area contributed by atoms with Gasteiger partial charge in [-0.15, -0.1) is 6.42 Å². The van der Waals surface area contributed by atoms with Gasteiger partial charge >= 0.3 is 5.69 Å². The molecule has 1 heterocycles. The van der Waals surface area contributed by atoms with Crippen LogP contribution in [0.1, 0.15) is 37.8 Å². The molecule has 0 radical (unpaired) electrons. The highest BCUT2D eigenvalue weighted by atomic mass is 16.5. The van der Waals surface area contributed by atoms with E-state index >= 15 is 0 Å². The Labute approximate surface area is 200 Å². The number of aromatic nitrogens is 2. The maximum Gasteiger partial charge on any atom is 0.348 e. The van der Waals surface area contributed by atoms with Crippen molar-refractivity contribution in [3.05, 3.63) is 88.3 Å². The summed E-state index contributed by atoms with van der Waals surface area (Å²) < 4.78 is 12.9. The molecular formula is C29H28N2O3. The number of hydrogen-bond donors (Lipinski definition) is 0. The fourth-order valence-corrected chi connectivity index (χ4v) is 3.91. The Hall–Kier alpha value is -4.04. The Morgan fingerprint density at radius 2 is 1.68 bits per heavy atom. The van der Waals surface area contributed by atoms with E-state index in [9.17, 15) is 4.79 Å². The second kappa shape index (κ2) is 10.3. The van der Waals surface area contributed by atoms with Crippen LogP contribution >= 0.6 is 0 Å². The maximum absolute atomic E-state index is 13.2. The summed E-state index contributed by atoms with van der Waals surface area (Å²) in [5, 5.41) is 0.831. The van der Waals surface area contributed by atoms with Gasteiger partial charge < -0.3 is 9.47 Å². The van der Waals surface area contributed by atoms with E-state index in [1.165, 1.54) is 5.56 Å². The van der Waals surface area contributed by atoms with Crippen molar-refractivity contribution < 1.29 is 9.47 Å². The molecule has 4 aromatic rings.